The predicted molar refractivity (Wildman–Crippen MR) is 92.4 cm³/mol. The van der Waals surface area contributed by atoms with Crippen LogP contribution in [0.3, 0.4) is 0 Å². The summed E-state index contributed by atoms with van der Waals surface area (Å²) in [5.41, 5.74) is 2.09. The van der Waals surface area contributed by atoms with Gasteiger partial charge in [0.15, 0.2) is 5.82 Å². The van der Waals surface area contributed by atoms with E-state index in [4.69, 9.17) is 4.74 Å². The van der Waals surface area contributed by atoms with Gasteiger partial charge in [0.05, 0.1) is 19.3 Å². The van der Waals surface area contributed by atoms with Gasteiger partial charge >= 0.3 is 0 Å². The van der Waals surface area contributed by atoms with E-state index in [1.54, 1.807) is 18.2 Å². The minimum absolute atomic E-state index is 0.101. The van der Waals surface area contributed by atoms with Crippen LogP contribution in [0.4, 0.5) is 11.5 Å². The Bertz CT molecular complexity index is 747. The average molecular weight is 324 g/mol. The Hall–Kier alpha value is -2.60. The summed E-state index contributed by atoms with van der Waals surface area (Å²) in [5, 5.41) is 3.32. The Morgan fingerprint density at radius 1 is 1.29 bits per heavy atom. The van der Waals surface area contributed by atoms with E-state index in [0.717, 1.165) is 35.9 Å². The molecule has 1 amide bonds. The number of methoxy groups -OCH3 is 1. The number of nitrogens with zero attached hydrogens (tertiary/aromatic N) is 3. The van der Waals surface area contributed by atoms with Crippen LogP contribution < -0.4 is 19.9 Å². The molecule has 2 aromatic rings. The number of fused-ring (bicyclic) bond motifs is 3. The maximum Gasteiger partial charge on any atom is 0.252 e. The van der Waals surface area contributed by atoms with Gasteiger partial charge in [0.1, 0.15) is 11.8 Å². The van der Waals surface area contributed by atoms with Gasteiger partial charge in [-0.1, -0.05) is 12.1 Å². The normalized spacial score (nSPS) is 19.7. The van der Waals surface area contributed by atoms with E-state index in [-0.39, 0.29) is 11.9 Å². The molecule has 6 heteroatoms. The summed E-state index contributed by atoms with van der Waals surface area (Å²) in [6.07, 6.45) is 1.75. The topological polar surface area (TPSA) is 57.7 Å². The van der Waals surface area contributed by atoms with Crippen LogP contribution in [0.5, 0.6) is 5.75 Å². The molecule has 0 bridgehead atoms. The van der Waals surface area contributed by atoms with Crippen LogP contribution in [0.25, 0.3) is 0 Å². The highest BCUT2D eigenvalue weighted by molar-refractivity contribution is 6.04. The molecule has 1 saturated heterocycles. The van der Waals surface area contributed by atoms with Crippen molar-refractivity contribution in [1.29, 1.82) is 0 Å². The second kappa shape index (κ2) is 6.13. The molecule has 0 saturated carbocycles. The van der Waals surface area contributed by atoms with E-state index >= 15 is 0 Å². The molecular formula is C18H20N4O2. The van der Waals surface area contributed by atoms with Crippen molar-refractivity contribution in [3.05, 3.63) is 48.2 Å². The first-order valence-corrected chi connectivity index (χ1v) is 8.14. The van der Waals surface area contributed by atoms with Gasteiger partial charge in [0.2, 0.25) is 0 Å². The van der Waals surface area contributed by atoms with E-state index < -0.39 is 0 Å². The van der Waals surface area contributed by atoms with Crippen molar-refractivity contribution in [3.8, 4) is 5.75 Å². The summed E-state index contributed by atoms with van der Waals surface area (Å²) < 4.78 is 5.20. The van der Waals surface area contributed by atoms with Crippen LogP contribution in [0, 0.1) is 0 Å². The first-order valence-electron chi connectivity index (χ1n) is 8.14. The Kier molecular flexibility index (Phi) is 3.82. The van der Waals surface area contributed by atoms with Crippen molar-refractivity contribution < 1.29 is 9.53 Å². The first kappa shape index (κ1) is 15.0. The van der Waals surface area contributed by atoms with Crippen molar-refractivity contribution in [1.82, 2.24) is 10.3 Å². The fourth-order valence-corrected chi connectivity index (χ4v) is 3.38. The lowest BCUT2D eigenvalue weighted by Crippen LogP contribution is -2.61. The third kappa shape index (κ3) is 2.49. The number of pyridine rings is 1. The Morgan fingerprint density at radius 2 is 2.12 bits per heavy atom. The third-order valence-electron chi connectivity index (χ3n) is 4.63. The summed E-state index contributed by atoms with van der Waals surface area (Å²) in [7, 11) is 1.65. The van der Waals surface area contributed by atoms with E-state index in [1.165, 1.54) is 0 Å². The molecule has 1 aromatic heterocycles. The monoisotopic (exact) mass is 324 g/mol. The van der Waals surface area contributed by atoms with Crippen LogP contribution in [0.2, 0.25) is 0 Å². The van der Waals surface area contributed by atoms with Gasteiger partial charge in [0, 0.05) is 25.8 Å². The first-order chi connectivity index (χ1) is 11.8. The number of benzene rings is 1. The molecule has 124 valence electrons. The molecule has 0 unspecified atom stereocenters. The average Bonchev–Trinajstić information content (AvgIpc) is 2.65. The zero-order valence-electron chi connectivity index (χ0n) is 13.6. The van der Waals surface area contributed by atoms with Gasteiger partial charge in [0.25, 0.3) is 5.91 Å². The second-order valence-corrected chi connectivity index (χ2v) is 6.03. The standard InChI is InChI=1S/C18H20N4O2/c1-24-14-6-4-13(5-7-14)12-22-17-15(3-2-8-20-17)21-10-9-19-11-16(21)18(22)23/h2-8,16,19H,9-12H2,1H3/t16-/m0/s1. The number of nitrogens with one attached hydrogen (secondary N) is 1. The van der Waals surface area contributed by atoms with E-state index in [2.05, 4.69) is 15.2 Å². The quantitative estimate of drug-likeness (QED) is 0.925. The molecule has 2 aliphatic rings. The number of rotatable bonds is 3. The fraction of sp³-hybridized carbons (Fsp3) is 0.333. The molecule has 1 N–H and O–H groups in total. The number of piperazine rings is 1. The van der Waals surface area contributed by atoms with Gasteiger partial charge in [-0.2, -0.15) is 0 Å². The smallest absolute Gasteiger partial charge is 0.252 e. The van der Waals surface area contributed by atoms with Gasteiger partial charge in [-0.25, -0.2) is 4.98 Å². The summed E-state index contributed by atoms with van der Waals surface area (Å²) in [4.78, 5) is 21.5. The van der Waals surface area contributed by atoms with Crippen molar-refractivity contribution in [2.24, 2.45) is 0 Å². The van der Waals surface area contributed by atoms with Crippen LogP contribution >= 0.6 is 0 Å². The largest absolute Gasteiger partial charge is 0.497 e. The van der Waals surface area contributed by atoms with Crippen LogP contribution in [0.1, 0.15) is 5.56 Å². The number of carbonyl (C=O) groups excluding carboxylic acids is 1. The highest BCUT2D eigenvalue weighted by Gasteiger charge is 2.39. The summed E-state index contributed by atoms with van der Waals surface area (Å²) in [5.74, 6) is 1.66. The molecule has 0 spiro atoms. The van der Waals surface area contributed by atoms with E-state index in [9.17, 15) is 4.79 Å². The lowest BCUT2D eigenvalue weighted by Gasteiger charge is -2.44. The molecule has 4 rings (SSSR count). The molecule has 24 heavy (non-hydrogen) atoms. The zero-order chi connectivity index (χ0) is 16.5. The summed E-state index contributed by atoms with van der Waals surface area (Å²) in [6, 6.07) is 11.6. The molecule has 1 aromatic carbocycles. The minimum atomic E-state index is -0.159. The zero-order valence-corrected chi connectivity index (χ0v) is 13.6. The number of carbonyl (C=O) groups is 1. The molecule has 2 aliphatic heterocycles. The number of aromatic nitrogens is 1. The molecule has 1 atom stereocenters. The Labute approximate surface area is 141 Å². The van der Waals surface area contributed by atoms with Crippen molar-refractivity contribution in [3.63, 3.8) is 0 Å². The fourth-order valence-electron chi connectivity index (χ4n) is 3.38. The van der Waals surface area contributed by atoms with Crippen LogP contribution in [0.15, 0.2) is 42.6 Å². The predicted octanol–water partition coefficient (Wildman–Crippen LogP) is 1.42. The highest BCUT2D eigenvalue weighted by atomic mass is 16.5. The lowest BCUT2D eigenvalue weighted by molar-refractivity contribution is -0.120. The maximum atomic E-state index is 13.0. The van der Waals surface area contributed by atoms with Gasteiger partial charge < -0.3 is 15.0 Å². The summed E-state index contributed by atoms with van der Waals surface area (Å²) in [6.45, 7) is 2.89. The van der Waals surface area contributed by atoms with Gasteiger partial charge in [-0.05, 0) is 29.8 Å². The van der Waals surface area contributed by atoms with Crippen molar-refractivity contribution >= 4 is 17.4 Å². The third-order valence-corrected chi connectivity index (χ3v) is 4.63. The number of anilines is 2. The number of hydrogen-bond donors (Lipinski definition) is 1. The van der Waals surface area contributed by atoms with E-state index in [1.807, 2.05) is 36.4 Å². The van der Waals surface area contributed by atoms with E-state index in [0.29, 0.717) is 13.1 Å². The Morgan fingerprint density at radius 3 is 2.92 bits per heavy atom. The number of hydrogen-bond acceptors (Lipinski definition) is 5. The van der Waals surface area contributed by atoms with Crippen molar-refractivity contribution in [2.45, 2.75) is 12.6 Å². The van der Waals surface area contributed by atoms with Gasteiger partial charge in [-0.3, -0.25) is 9.69 Å². The minimum Gasteiger partial charge on any atom is -0.497 e. The highest BCUT2D eigenvalue weighted by Crippen LogP contribution is 2.35. The second-order valence-electron chi connectivity index (χ2n) is 6.03. The number of amides is 1. The lowest BCUT2D eigenvalue weighted by atomic mass is 10.1. The Balaban J connectivity index is 1.69. The molecule has 3 heterocycles. The van der Waals surface area contributed by atoms with Gasteiger partial charge in [-0.15, -0.1) is 0 Å². The molecule has 0 aliphatic carbocycles. The molecule has 0 radical (unpaired) electrons. The van der Waals surface area contributed by atoms with Crippen LogP contribution in [-0.4, -0.2) is 43.7 Å². The molecular weight excluding hydrogens is 304 g/mol. The number of ether oxygens (including phenoxy) is 1. The molecule has 1 fully saturated rings. The van der Waals surface area contributed by atoms with Crippen molar-refractivity contribution in [2.75, 3.05) is 36.5 Å². The van der Waals surface area contributed by atoms with Crippen LogP contribution in [-0.2, 0) is 11.3 Å². The maximum absolute atomic E-state index is 13.0. The SMILES string of the molecule is COc1ccc(CN2C(=O)[C@@H]3CNCCN3c3cccnc32)cc1. The molecule has 6 nitrogen and oxygen atoms in total. The summed E-state index contributed by atoms with van der Waals surface area (Å²) >= 11 is 0.